The van der Waals surface area contributed by atoms with Crippen LogP contribution in [0.2, 0.25) is 0 Å². The Balaban J connectivity index is 0. The van der Waals surface area contributed by atoms with Gasteiger partial charge < -0.3 is 10.4 Å². The smallest absolute Gasteiger partial charge is 0.0430 e. The summed E-state index contributed by atoms with van der Waals surface area (Å²) in [7, 11) is 0. The van der Waals surface area contributed by atoms with Crippen LogP contribution in [-0.4, -0.2) is 24.8 Å². The summed E-state index contributed by atoms with van der Waals surface area (Å²) in [6.07, 6.45) is 6.07. The number of rotatable bonds is 7. The summed E-state index contributed by atoms with van der Waals surface area (Å²) in [5.74, 6) is 0. The first kappa shape index (κ1) is 15.4. The maximum absolute atomic E-state index is 8.07. The van der Waals surface area contributed by atoms with Gasteiger partial charge in [0.15, 0.2) is 0 Å². The Hall–Kier alpha value is -0.0800. The number of nitrogens with one attached hydrogen (secondary N) is 1. The van der Waals surface area contributed by atoms with Gasteiger partial charge in [0.1, 0.15) is 0 Å². The lowest BCUT2D eigenvalue weighted by Crippen LogP contribution is -2.13. The van der Waals surface area contributed by atoms with Gasteiger partial charge in [0, 0.05) is 6.61 Å². The molecule has 2 heteroatoms. The molecule has 0 radical (unpaired) electrons. The molecule has 0 rings (SSSR count). The van der Waals surface area contributed by atoms with Gasteiger partial charge in [-0.15, -0.1) is 0 Å². The summed E-state index contributed by atoms with van der Waals surface area (Å²) in [5.41, 5.74) is 0. The molecule has 0 aromatic heterocycles. The van der Waals surface area contributed by atoms with Crippen LogP contribution in [0.1, 0.15) is 52.9 Å². The zero-order valence-electron chi connectivity index (χ0n) is 9.60. The van der Waals surface area contributed by atoms with Crippen LogP contribution in [0, 0.1) is 0 Å². The highest BCUT2D eigenvalue weighted by Gasteiger charge is 1.81. The second-order valence-corrected chi connectivity index (χ2v) is 3.14. The number of hydrogen-bond acceptors (Lipinski definition) is 2. The first-order chi connectivity index (χ1) is 6.33. The average Bonchev–Trinajstić information content (AvgIpc) is 2.15. The molecule has 2 nitrogen and oxygen atoms in total. The van der Waals surface area contributed by atoms with Crippen LogP contribution in [0.5, 0.6) is 0 Å². The third-order valence-corrected chi connectivity index (χ3v) is 1.72. The predicted molar refractivity (Wildman–Crippen MR) is 60.1 cm³/mol. The lowest BCUT2D eigenvalue weighted by atomic mass is 10.2. The summed E-state index contributed by atoms with van der Waals surface area (Å²) in [6, 6.07) is 0. The van der Waals surface area contributed by atoms with Crippen molar-refractivity contribution in [1.82, 2.24) is 5.32 Å². The summed E-state index contributed by atoms with van der Waals surface area (Å²) < 4.78 is 0. The van der Waals surface area contributed by atoms with Crippen molar-refractivity contribution in [3.63, 3.8) is 0 Å². The van der Waals surface area contributed by atoms with Crippen LogP contribution in [0.25, 0.3) is 0 Å². The van der Waals surface area contributed by atoms with E-state index in [1.807, 2.05) is 0 Å². The molecule has 0 atom stereocenters. The Bertz CT molecular complexity index is 59.1. The minimum absolute atomic E-state index is 0.344. The molecule has 0 aliphatic heterocycles. The number of hydrogen-bond donors (Lipinski definition) is 2. The Kier molecular flexibility index (Phi) is 21.2. The van der Waals surface area contributed by atoms with E-state index in [0.29, 0.717) is 6.61 Å². The van der Waals surface area contributed by atoms with Gasteiger partial charge in [0.05, 0.1) is 0 Å². The first-order valence-electron chi connectivity index (χ1n) is 5.64. The molecule has 0 heterocycles. The van der Waals surface area contributed by atoms with Gasteiger partial charge in [0.25, 0.3) is 0 Å². The van der Waals surface area contributed by atoms with Crippen molar-refractivity contribution in [2.75, 3.05) is 19.7 Å². The van der Waals surface area contributed by atoms with E-state index >= 15 is 0 Å². The third kappa shape index (κ3) is 24.5. The summed E-state index contributed by atoms with van der Waals surface area (Å²) >= 11 is 0. The maximum Gasteiger partial charge on any atom is 0.0430 e. The Morgan fingerprint density at radius 2 is 1.54 bits per heavy atom. The molecule has 0 saturated carbocycles. The molecule has 0 amide bonds. The lowest BCUT2D eigenvalue weighted by Gasteiger charge is -1.97. The molecule has 0 aliphatic rings. The van der Waals surface area contributed by atoms with E-state index in [1.165, 1.54) is 25.8 Å². The Morgan fingerprint density at radius 1 is 0.923 bits per heavy atom. The molecule has 0 fully saturated rings. The van der Waals surface area contributed by atoms with E-state index < -0.39 is 0 Å². The highest BCUT2D eigenvalue weighted by Crippen LogP contribution is 1.90. The fourth-order valence-corrected chi connectivity index (χ4v) is 0.835. The SMILES string of the molecule is CCCCCNCC.CCCCO. The molecule has 0 aliphatic carbocycles. The Labute approximate surface area is 83.7 Å². The molecular formula is C11H27NO. The van der Waals surface area contributed by atoms with Crippen molar-refractivity contribution in [2.45, 2.75) is 52.9 Å². The van der Waals surface area contributed by atoms with Crippen molar-refractivity contribution >= 4 is 0 Å². The van der Waals surface area contributed by atoms with Crippen LogP contribution in [0.4, 0.5) is 0 Å². The van der Waals surface area contributed by atoms with E-state index in [0.717, 1.165) is 19.4 Å². The molecule has 82 valence electrons. The first-order valence-corrected chi connectivity index (χ1v) is 5.64. The normalized spacial score (nSPS) is 9.23. The molecule has 0 aromatic rings. The molecule has 0 saturated heterocycles. The highest BCUT2D eigenvalue weighted by atomic mass is 16.2. The number of aliphatic hydroxyl groups excluding tert-OH is 1. The fraction of sp³-hybridized carbons (Fsp3) is 1.00. The van der Waals surface area contributed by atoms with Crippen molar-refractivity contribution in [2.24, 2.45) is 0 Å². The minimum Gasteiger partial charge on any atom is -0.396 e. The van der Waals surface area contributed by atoms with Crippen LogP contribution < -0.4 is 5.32 Å². The van der Waals surface area contributed by atoms with Gasteiger partial charge >= 0.3 is 0 Å². The van der Waals surface area contributed by atoms with Crippen LogP contribution in [-0.2, 0) is 0 Å². The number of unbranched alkanes of at least 4 members (excludes halogenated alkanes) is 3. The predicted octanol–water partition coefficient (Wildman–Crippen LogP) is 2.56. The van der Waals surface area contributed by atoms with Gasteiger partial charge in [-0.05, 0) is 25.9 Å². The van der Waals surface area contributed by atoms with E-state index in [9.17, 15) is 0 Å². The molecule has 0 unspecified atom stereocenters. The number of aliphatic hydroxyl groups is 1. The topological polar surface area (TPSA) is 32.3 Å². The largest absolute Gasteiger partial charge is 0.396 e. The zero-order chi connectivity index (χ0) is 10.4. The van der Waals surface area contributed by atoms with Crippen molar-refractivity contribution in [3.8, 4) is 0 Å². The van der Waals surface area contributed by atoms with Crippen LogP contribution >= 0.6 is 0 Å². The van der Waals surface area contributed by atoms with E-state index in [-0.39, 0.29) is 0 Å². The maximum atomic E-state index is 8.07. The fourth-order valence-electron chi connectivity index (χ4n) is 0.835. The zero-order valence-corrected chi connectivity index (χ0v) is 9.60. The van der Waals surface area contributed by atoms with Crippen molar-refractivity contribution in [3.05, 3.63) is 0 Å². The van der Waals surface area contributed by atoms with Gasteiger partial charge in [0.2, 0.25) is 0 Å². The molecule has 0 spiro atoms. The second-order valence-electron chi connectivity index (χ2n) is 3.14. The second kappa shape index (κ2) is 17.9. The molecule has 13 heavy (non-hydrogen) atoms. The minimum atomic E-state index is 0.344. The van der Waals surface area contributed by atoms with Gasteiger partial charge in [-0.2, -0.15) is 0 Å². The molecule has 0 aromatic carbocycles. The molecule has 0 bridgehead atoms. The van der Waals surface area contributed by atoms with Crippen molar-refractivity contribution < 1.29 is 5.11 Å². The van der Waals surface area contributed by atoms with Gasteiger partial charge in [-0.1, -0.05) is 40.0 Å². The lowest BCUT2D eigenvalue weighted by molar-refractivity contribution is 0.287. The average molecular weight is 189 g/mol. The van der Waals surface area contributed by atoms with Gasteiger partial charge in [-0.3, -0.25) is 0 Å². The summed E-state index contributed by atoms with van der Waals surface area (Å²) in [6.45, 7) is 9.08. The molecular weight excluding hydrogens is 162 g/mol. The highest BCUT2D eigenvalue weighted by molar-refractivity contribution is 4.42. The van der Waals surface area contributed by atoms with E-state index in [2.05, 4.69) is 26.1 Å². The van der Waals surface area contributed by atoms with Crippen LogP contribution in [0.3, 0.4) is 0 Å². The summed E-state index contributed by atoms with van der Waals surface area (Å²) in [4.78, 5) is 0. The standard InChI is InChI=1S/C7H17N.C4H10O/c1-3-5-6-7-8-4-2;1-2-3-4-5/h8H,3-7H2,1-2H3;5H,2-4H2,1H3. The third-order valence-electron chi connectivity index (χ3n) is 1.72. The van der Waals surface area contributed by atoms with E-state index in [4.69, 9.17) is 5.11 Å². The molecule has 2 N–H and O–H groups in total. The monoisotopic (exact) mass is 189 g/mol. The van der Waals surface area contributed by atoms with Gasteiger partial charge in [-0.25, -0.2) is 0 Å². The van der Waals surface area contributed by atoms with E-state index in [1.54, 1.807) is 0 Å². The van der Waals surface area contributed by atoms with Crippen LogP contribution in [0.15, 0.2) is 0 Å². The Morgan fingerprint density at radius 3 is 1.85 bits per heavy atom. The quantitative estimate of drug-likeness (QED) is 0.603. The summed E-state index contributed by atoms with van der Waals surface area (Å²) in [5, 5.41) is 11.3. The van der Waals surface area contributed by atoms with Crippen molar-refractivity contribution in [1.29, 1.82) is 0 Å².